The van der Waals surface area contributed by atoms with Gasteiger partial charge in [0.25, 0.3) is 11.6 Å². The van der Waals surface area contributed by atoms with Crippen LogP contribution in [0.4, 0.5) is 11.4 Å². The van der Waals surface area contributed by atoms with E-state index < -0.39 is 10.8 Å². The Labute approximate surface area is 190 Å². The topological polar surface area (TPSA) is 114 Å². The van der Waals surface area contributed by atoms with Gasteiger partial charge in [0.05, 0.1) is 12.0 Å². The third-order valence-corrected chi connectivity index (χ3v) is 4.69. The lowest BCUT2D eigenvalue weighted by Gasteiger charge is -2.12. The summed E-state index contributed by atoms with van der Waals surface area (Å²) in [5.74, 6) is 0.292. The zero-order valence-corrected chi connectivity index (χ0v) is 18.1. The molecule has 0 aliphatic rings. The van der Waals surface area contributed by atoms with Crippen molar-refractivity contribution >= 4 is 23.4 Å². The van der Waals surface area contributed by atoms with E-state index in [0.29, 0.717) is 28.3 Å². The molecule has 0 bridgehead atoms. The van der Waals surface area contributed by atoms with E-state index in [1.165, 1.54) is 25.3 Å². The van der Waals surface area contributed by atoms with E-state index in [1.807, 2.05) is 25.1 Å². The average molecular weight is 443 g/mol. The van der Waals surface area contributed by atoms with Crippen molar-refractivity contribution in [2.24, 2.45) is 0 Å². The van der Waals surface area contributed by atoms with E-state index in [4.69, 9.17) is 9.47 Å². The minimum absolute atomic E-state index is 0.0171. The lowest BCUT2D eigenvalue weighted by Crippen LogP contribution is -2.13. The molecule has 0 aliphatic carbocycles. The molecule has 8 nitrogen and oxygen atoms in total. The van der Waals surface area contributed by atoms with Gasteiger partial charge in [-0.3, -0.25) is 14.9 Å². The van der Waals surface area contributed by atoms with Crippen LogP contribution in [0.15, 0.2) is 72.3 Å². The zero-order valence-electron chi connectivity index (χ0n) is 18.1. The van der Waals surface area contributed by atoms with Crippen LogP contribution < -0.4 is 14.8 Å². The lowest BCUT2D eigenvalue weighted by atomic mass is 10.1. The number of amides is 1. The lowest BCUT2D eigenvalue weighted by molar-refractivity contribution is -0.384. The number of aryl methyl sites for hydroxylation is 1. The van der Waals surface area contributed by atoms with Gasteiger partial charge in [0.15, 0.2) is 11.5 Å². The Bertz CT molecular complexity index is 1240. The minimum atomic E-state index is -0.522. The standard InChI is InChI=1S/C25H21N3O5/c1-17-6-9-21(10-7-17)27-25(29)20(15-26)12-18-8-11-23(24(14-18)32-2)33-16-19-4-3-5-22(13-19)28(30)31/h3-14H,16H2,1-2H3,(H,27,29)/b20-12+. The van der Waals surface area contributed by atoms with Crippen LogP contribution in [0.5, 0.6) is 11.5 Å². The van der Waals surface area contributed by atoms with Crippen LogP contribution in [0, 0.1) is 28.4 Å². The second-order valence-electron chi connectivity index (χ2n) is 7.12. The maximum atomic E-state index is 12.5. The first kappa shape index (κ1) is 23.0. The maximum absolute atomic E-state index is 12.5. The van der Waals surface area contributed by atoms with Crippen LogP contribution in [-0.2, 0) is 11.4 Å². The van der Waals surface area contributed by atoms with E-state index in [1.54, 1.807) is 42.5 Å². The van der Waals surface area contributed by atoms with E-state index in [0.717, 1.165) is 5.56 Å². The number of nitro groups is 1. The summed E-state index contributed by atoms with van der Waals surface area (Å²) < 4.78 is 11.1. The number of non-ortho nitro benzene ring substituents is 1. The highest BCUT2D eigenvalue weighted by Crippen LogP contribution is 2.30. The third kappa shape index (κ3) is 6.18. The molecule has 0 unspecified atom stereocenters. The largest absolute Gasteiger partial charge is 0.493 e. The van der Waals surface area contributed by atoms with Crippen LogP contribution in [0.2, 0.25) is 0 Å². The normalized spacial score (nSPS) is 10.8. The second kappa shape index (κ2) is 10.6. The molecular formula is C25H21N3O5. The molecule has 166 valence electrons. The molecule has 0 heterocycles. The van der Waals surface area contributed by atoms with Crippen molar-refractivity contribution in [3.63, 3.8) is 0 Å². The molecular weight excluding hydrogens is 422 g/mol. The fourth-order valence-corrected chi connectivity index (χ4v) is 2.96. The van der Waals surface area contributed by atoms with Gasteiger partial charge >= 0.3 is 0 Å². The zero-order chi connectivity index (χ0) is 23.8. The fraction of sp³-hybridized carbons (Fsp3) is 0.120. The number of nitriles is 1. The number of rotatable bonds is 8. The summed E-state index contributed by atoms with van der Waals surface area (Å²) in [6.07, 6.45) is 1.45. The number of ether oxygens (including phenoxy) is 2. The highest BCUT2D eigenvalue weighted by Gasteiger charge is 2.12. The predicted molar refractivity (Wildman–Crippen MR) is 124 cm³/mol. The monoisotopic (exact) mass is 443 g/mol. The summed E-state index contributed by atoms with van der Waals surface area (Å²) >= 11 is 0. The Morgan fingerprint density at radius 3 is 2.55 bits per heavy atom. The third-order valence-electron chi connectivity index (χ3n) is 4.69. The molecule has 3 aromatic rings. The van der Waals surface area contributed by atoms with Gasteiger partial charge in [-0.25, -0.2) is 0 Å². The summed E-state index contributed by atoms with van der Waals surface area (Å²) in [5, 5.41) is 23.1. The van der Waals surface area contributed by atoms with Gasteiger partial charge in [-0.15, -0.1) is 0 Å². The van der Waals surface area contributed by atoms with Gasteiger partial charge in [0, 0.05) is 17.8 Å². The van der Waals surface area contributed by atoms with Crippen molar-refractivity contribution in [1.29, 1.82) is 5.26 Å². The van der Waals surface area contributed by atoms with Crippen molar-refractivity contribution in [3.8, 4) is 17.6 Å². The summed E-state index contributed by atoms with van der Waals surface area (Å²) in [6.45, 7) is 2.05. The van der Waals surface area contributed by atoms with Crippen LogP contribution in [-0.4, -0.2) is 17.9 Å². The molecule has 3 aromatic carbocycles. The Kier molecular flexibility index (Phi) is 7.39. The second-order valence-corrected chi connectivity index (χ2v) is 7.12. The number of nitro benzene ring substituents is 1. The smallest absolute Gasteiger partial charge is 0.269 e. The van der Waals surface area contributed by atoms with Crippen LogP contribution in [0.25, 0.3) is 6.08 Å². The molecule has 0 saturated carbocycles. The molecule has 0 fully saturated rings. The molecule has 0 radical (unpaired) electrons. The van der Waals surface area contributed by atoms with Gasteiger partial charge in [-0.1, -0.05) is 35.9 Å². The van der Waals surface area contributed by atoms with Gasteiger partial charge in [0.1, 0.15) is 18.2 Å². The van der Waals surface area contributed by atoms with Gasteiger partial charge < -0.3 is 14.8 Å². The molecule has 0 aromatic heterocycles. The molecule has 33 heavy (non-hydrogen) atoms. The predicted octanol–water partition coefficient (Wildman–Crippen LogP) is 5.04. The van der Waals surface area contributed by atoms with Gasteiger partial charge in [-0.2, -0.15) is 5.26 Å². The Hall–Kier alpha value is -4.64. The quantitative estimate of drug-likeness (QED) is 0.226. The van der Waals surface area contributed by atoms with Crippen LogP contribution in [0.3, 0.4) is 0 Å². The van der Waals surface area contributed by atoms with Crippen molar-refractivity contribution in [2.75, 3.05) is 12.4 Å². The average Bonchev–Trinajstić information content (AvgIpc) is 2.83. The summed E-state index contributed by atoms with van der Waals surface area (Å²) in [5.41, 5.74) is 2.78. The number of anilines is 1. The number of hydrogen-bond acceptors (Lipinski definition) is 6. The van der Waals surface area contributed by atoms with E-state index in [-0.39, 0.29) is 17.9 Å². The molecule has 0 spiro atoms. The SMILES string of the molecule is COc1cc(/C=C(\C#N)C(=O)Nc2ccc(C)cc2)ccc1OCc1cccc([N+](=O)[O-])c1. The van der Waals surface area contributed by atoms with Gasteiger partial charge in [-0.05, 0) is 48.4 Å². The number of carbonyl (C=O) groups excluding carboxylic acids is 1. The van der Waals surface area contributed by atoms with Crippen LogP contribution >= 0.6 is 0 Å². The number of benzene rings is 3. The minimum Gasteiger partial charge on any atom is -0.493 e. The summed E-state index contributed by atoms with van der Waals surface area (Å²) in [7, 11) is 1.47. The first-order valence-electron chi connectivity index (χ1n) is 9.93. The Morgan fingerprint density at radius 1 is 1.12 bits per heavy atom. The summed E-state index contributed by atoms with van der Waals surface area (Å²) in [6, 6.07) is 20.3. The Morgan fingerprint density at radius 2 is 1.88 bits per heavy atom. The first-order chi connectivity index (χ1) is 15.9. The highest BCUT2D eigenvalue weighted by atomic mass is 16.6. The number of methoxy groups -OCH3 is 1. The number of nitrogens with one attached hydrogen (secondary N) is 1. The van der Waals surface area contributed by atoms with Crippen molar-refractivity contribution < 1.29 is 19.2 Å². The highest BCUT2D eigenvalue weighted by molar-refractivity contribution is 6.09. The molecule has 3 rings (SSSR count). The van der Waals surface area contributed by atoms with Crippen molar-refractivity contribution in [1.82, 2.24) is 0 Å². The number of hydrogen-bond donors (Lipinski definition) is 1. The van der Waals surface area contributed by atoms with E-state index in [2.05, 4.69) is 5.32 Å². The molecule has 8 heteroatoms. The molecule has 1 N–H and O–H groups in total. The number of carbonyl (C=O) groups is 1. The van der Waals surface area contributed by atoms with Gasteiger partial charge in [0.2, 0.25) is 0 Å². The van der Waals surface area contributed by atoms with E-state index in [9.17, 15) is 20.2 Å². The first-order valence-corrected chi connectivity index (χ1v) is 9.93. The summed E-state index contributed by atoms with van der Waals surface area (Å²) in [4.78, 5) is 22.9. The Balaban J connectivity index is 1.74. The van der Waals surface area contributed by atoms with Crippen molar-refractivity contribution in [3.05, 3.63) is 99.1 Å². The van der Waals surface area contributed by atoms with Crippen LogP contribution in [0.1, 0.15) is 16.7 Å². The molecule has 0 saturated heterocycles. The van der Waals surface area contributed by atoms with Crippen molar-refractivity contribution in [2.45, 2.75) is 13.5 Å². The maximum Gasteiger partial charge on any atom is 0.269 e. The molecule has 0 atom stereocenters. The van der Waals surface area contributed by atoms with E-state index >= 15 is 0 Å². The fourth-order valence-electron chi connectivity index (χ4n) is 2.96. The molecule has 0 aliphatic heterocycles. The number of nitrogens with zero attached hydrogens (tertiary/aromatic N) is 2. The molecule has 1 amide bonds.